The average molecular weight is 543 g/mol. The number of hydrogen-bond acceptors (Lipinski definition) is 6. The summed E-state index contributed by atoms with van der Waals surface area (Å²) in [6, 6.07) is 1.72. The normalized spacial score (nSPS) is 16.8. The lowest BCUT2D eigenvalue weighted by atomic mass is 9.88. The van der Waals surface area contributed by atoms with E-state index in [1.54, 1.807) is 0 Å². The highest BCUT2D eigenvalue weighted by Crippen LogP contribution is 2.51. The van der Waals surface area contributed by atoms with Gasteiger partial charge in [0.15, 0.2) is 0 Å². The predicted molar refractivity (Wildman–Crippen MR) is 143 cm³/mol. The number of rotatable bonds is 11. The first kappa shape index (κ1) is 28.3. The Bertz CT molecular complexity index is 1280. The quantitative estimate of drug-likeness (QED) is 0.280. The van der Waals surface area contributed by atoms with Crippen LogP contribution in [0.1, 0.15) is 57.1 Å². The Kier molecular flexibility index (Phi) is 8.66. The summed E-state index contributed by atoms with van der Waals surface area (Å²) in [6.45, 7) is 5.11. The summed E-state index contributed by atoms with van der Waals surface area (Å²) < 4.78 is 41.7. The van der Waals surface area contributed by atoms with Crippen LogP contribution in [0.5, 0.6) is 0 Å². The standard InChI is InChI=1S/C28H33F3N6O2/c1-14(2)34-21(10-11-32)27(38)37-24(23(16-4-5-16)17-6-7-17)28(39)36-22-9-8-18(26(31)35-22)19-12-33-13-20(15(19)3)25(29)30/h8-14,16-17,23-25H,4-7,32H2,1-3H3,(H,37,38)(H,35,36,39)/b11-10-,34-21?. The second-order valence-corrected chi connectivity index (χ2v) is 10.4. The number of pyridine rings is 2. The summed E-state index contributed by atoms with van der Waals surface area (Å²) in [6.07, 6.45) is 6.11. The van der Waals surface area contributed by atoms with E-state index in [0.29, 0.717) is 11.8 Å². The molecule has 4 N–H and O–H groups in total. The Morgan fingerprint density at radius 1 is 1.10 bits per heavy atom. The monoisotopic (exact) mass is 542 g/mol. The van der Waals surface area contributed by atoms with E-state index >= 15 is 4.39 Å². The number of nitrogens with one attached hydrogen (secondary N) is 2. The summed E-state index contributed by atoms with van der Waals surface area (Å²) in [4.78, 5) is 38.6. The van der Waals surface area contributed by atoms with E-state index in [1.807, 2.05) is 13.8 Å². The SMILES string of the molecule is Cc1c(-c2ccc(NC(=O)C(NC(=O)C(/C=C\N)=NC(C)C)C(C3CC3)C3CC3)nc2F)cncc1C(F)F. The van der Waals surface area contributed by atoms with Gasteiger partial charge in [0, 0.05) is 35.1 Å². The van der Waals surface area contributed by atoms with E-state index in [4.69, 9.17) is 5.73 Å². The van der Waals surface area contributed by atoms with Crippen molar-refractivity contribution in [1.29, 1.82) is 0 Å². The van der Waals surface area contributed by atoms with E-state index in [2.05, 4.69) is 25.6 Å². The van der Waals surface area contributed by atoms with Gasteiger partial charge in [0.25, 0.3) is 12.3 Å². The van der Waals surface area contributed by atoms with E-state index < -0.39 is 30.2 Å². The fourth-order valence-electron chi connectivity index (χ4n) is 4.93. The number of amides is 2. The lowest BCUT2D eigenvalue weighted by molar-refractivity contribution is -0.124. The van der Waals surface area contributed by atoms with E-state index in [9.17, 15) is 18.4 Å². The van der Waals surface area contributed by atoms with E-state index in [0.717, 1.165) is 31.9 Å². The molecule has 4 rings (SSSR count). The molecule has 2 aromatic rings. The van der Waals surface area contributed by atoms with Crippen molar-refractivity contribution < 1.29 is 22.8 Å². The summed E-state index contributed by atoms with van der Waals surface area (Å²) in [5.41, 5.74) is 5.70. The zero-order chi connectivity index (χ0) is 28.3. The summed E-state index contributed by atoms with van der Waals surface area (Å²) >= 11 is 0. The third-order valence-corrected chi connectivity index (χ3v) is 7.05. The number of nitrogens with zero attached hydrogens (tertiary/aromatic N) is 3. The fraction of sp³-hybridized carbons (Fsp3) is 0.464. The minimum Gasteiger partial charge on any atom is -0.405 e. The van der Waals surface area contributed by atoms with Crippen molar-refractivity contribution in [3.05, 3.63) is 53.9 Å². The number of alkyl halides is 2. The molecule has 8 nitrogen and oxygen atoms in total. The maximum Gasteiger partial charge on any atom is 0.270 e. The largest absolute Gasteiger partial charge is 0.405 e. The zero-order valence-corrected chi connectivity index (χ0v) is 22.1. The van der Waals surface area contributed by atoms with E-state index in [1.165, 1.54) is 37.5 Å². The van der Waals surface area contributed by atoms with Crippen LogP contribution in [-0.4, -0.2) is 39.6 Å². The van der Waals surface area contributed by atoms with Crippen molar-refractivity contribution in [2.75, 3.05) is 5.32 Å². The zero-order valence-electron chi connectivity index (χ0n) is 22.1. The molecule has 2 aliphatic carbocycles. The topological polar surface area (TPSA) is 122 Å². The molecule has 208 valence electrons. The first-order valence-corrected chi connectivity index (χ1v) is 13.1. The first-order chi connectivity index (χ1) is 18.6. The molecule has 0 bridgehead atoms. The lowest BCUT2D eigenvalue weighted by Gasteiger charge is -2.27. The van der Waals surface area contributed by atoms with Gasteiger partial charge in [-0.1, -0.05) is 0 Å². The van der Waals surface area contributed by atoms with Crippen molar-refractivity contribution in [2.45, 2.75) is 65.0 Å². The number of carbonyl (C=O) groups excluding carboxylic acids is 2. The van der Waals surface area contributed by atoms with Crippen molar-refractivity contribution in [2.24, 2.45) is 28.5 Å². The van der Waals surface area contributed by atoms with Gasteiger partial charge in [-0.05, 0) is 94.2 Å². The number of nitrogens with two attached hydrogens (primary N) is 1. The maximum absolute atomic E-state index is 15.1. The van der Waals surface area contributed by atoms with Gasteiger partial charge in [-0.15, -0.1) is 0 Å². The fourth-order valence-corrected chi connectivity index (χ4v) is 4.93. The molecule has 2 fully saturated rings. The van der Waals surface area contributed by atoms with Crippen LogP contribution >= 0.6 is 0 Å². The summed E-state index contributed by atoms with van der Waals surface area (Å²) in [7, 11) is 0. The molecule has 2 amide bonds. The third kappa shape index (κ3) is 6.82. The van der Waals surface area contributed by atoms with Crippen molar-refractivity contribution >= 4 is 23.3 Å². The molecule has 2 heterocycles. The highest BCUT2D eigenvalue weighted by Gasteiger charge is 2.48. The maximum atomic E-state index is 15.1. The molecule has 0 aromatic carbocycles. The molecule has 0 spiro atoms. The minimum absolute atomic E-state index is 0.0118. The van der Waals surface area contributed by atoms with Gasteiger partial charge in [0.2, 0.25) is 11.9 Å². The van der Waals surface area contributed by atoms with Crippen LogP contribution < -0.4 is 16.4 Å². The molecule has 39 heavy (non-hydrogen) atoms. The summed E-state index contributed by atoms with van der Waals surface area (Å²) in [5, 5.41) is 5.50. The van der Waals surface area contributed by atoms with Crippen LogP contribution in [0.15, 0.2) is 41.8 Å². The van der Waals surface area contributed by atoms with Crippen LogP contribution in [0.2, 0.25) is 0 Å². The molecule has 2 aliphatic rings. The van der Waals surface area contributed by atoms with Gasteiger partial charge in [0.1, 0.15) is 17.6 Å². The number of aromatic nitrogens is 2. The number of hydrogen-bond donors (Lipinski definition) is 3. The Morgan fingerprint density at radius 2 is 1.77 bits per heavy atom. The number of anilines is 1. The van der Waals surface area contributed by atoms with Crippen LogP contribution in [0, 0.1) is 30.6 Å². The lowest BCUT2D eigenvalue weighted by Crippen LogP contribution is -2.51. The Labute approximate surface area is 225 Å². The van der Waals surface area contributed by atoms with Crippen molar-refractivity contribution in [3.63, 3.8) is 0 Å². The van der Waals surface area contributed by atoms with Gasteiger partial charge in [-0.2, -0.15) is 4.39 Å². The predicted octanol–water partition coefficient (Wildman–Crippen LogP) is 4.71. The Balaban J connectivity index is 1.59. The first-order valence-electron chi connectivity index (χ1n) is 13.1. The average Bonchev–Trinajstić information content (AvgIpc) is 3.79. The molecule has 0 aliphatic heterocycles. The third-order valence-electron chi connectivity index (χ3n) is 7.05. The van der Waals surface area contributed by atoms with Crippen LogP contribution in [0.25, 0.3) is 11.1 Å². The number of halogens is 3. The van der Waals surface area contributed by atoms with Crippen LogP contribution in [0.3, 0.4) is 0 Å². The van der Waals surface area contributed by atoms with Gasteiger partial charge in [-0.3, -0.25) is 19.6 Å². The van der Waals surface area contributed by atoms with Crippen molar-refractivity contribution in [3.8, 4) is 11.1 Å². The number of aliphatic imine (C=N–C) groups is 1. The molecule has 0 saturated heterocycles. The van der Waals surface area contributed by atoms with Gasteiger partial charge in [0.05, 0.1) is 0 Å². The highest BCUT2D eigenvalue weighted by atomic mass is 19.3. The van der Waals surface area contributed by atoms with Crippen LogP contribution in [0.4, 0.5) is 19.0 Å². The minimum atomic E-state index is -2.75. The molecule has 11 heteroatoms. The molecule has 1 atom stereocenters. The molecular weight excluding hydrogens is 509 g/mol. The smallest absolute Gasteiger partial charge is 0.270 e. The number of carbonyl (C=O) groups is 2. The Hall–Kier alpha value is -3.76. The molecule has 2 aromatic heterocycles. The molecule has 0 radical (unpaired) electrons. The van der Waals surface area contributed by atoms with E-state index in [-0.39, 0.29) is 45.7 Å². The molecule has 1 unspecified atom stereocenters. The molecular formula is C28H33F3N6O2. The summed E-state index contributed by atoms with van der Waals surface area (Å²) in [5.74, 6) is -1.46. The van der Waals surface area contributed by atoms with Gasteiger partial charge in [-0.25, -0.2) is 13.8 Å². The van der Waals surface area contributed by atoms with Gasteiger partial charge < -0.3 is 16.4 Å². The Morgan fingerprint density at radius 3 is 2.31 bits per heavy atom. The van der Waals surface area contributed by atoms with Gasteiger partial charge >= 0.3 is 0 Å². The second-order valence-electron chi connectivity index (χ2n) is 10.4. The highest BCUT2D eigenvalue weighted by molar-refractivity contribution is 6.43. The van der Waals surface area contributed by atoms with Crippen molar-refractivity contribution in [1.82, 2.24) is 15.3 Å². The molecule has 2 saturated carbocycles. The van der Waals surface area contributed by atoms with Crippen LogP contribution in [-0.2, 0) is 9.59 Å². The second kappa shape index (κ2) is 12.0.